The summed E-state index contributed by atoms with van der Waals surface area (Å²) in [6.45, 7) is 2.26. The summed E-state index contributed by atoms with van der Waals surface area (Å²) < 4.78 is 5.12. The largest absolute Gasteiger partial charge is 0.497 e. The van der Waals surface area contributed by atoms with Gasteiger partial charge in [-0.25, -0.2) is 4.79 Å². The first-order valence-corrected chi connectivity index (χ1v) is 8.85. The fraction of sp³-hybridized carbons (Fsp3) is 0.474. The Morgan fingerprint density at radius 1 is 1.30 bits per heavy atom. The Kier molecular flexibility index (Phi) is 5.04. The molecule has 2 fully saturated rings. The van der Waals surface area contributed by atoms with Gasteiger partial charge in [0, 0.05) is 19.0 Å². The third-order valence-electron chi connectivity index (χ3n) is 5.27. The molecule has 0 spiro atoms. The zero-order valence-corrected chi connectivity index (χ0v) is 15.4. The van der Waals surface area contributed by atoms with E-state index in [1.165, 1.54) is 0 Å². The topological polar surface area (TPSA) is 103 Å². The second kappa shape index (κ2) is 7.27. The van der Waals surface area contributed by atoms with Gasteiger partial charge in [-0.3, -0.25) is 14.5 Å². The zero-order valence-electron chi connectivity index (χ0n) is 15.4. The van der Waals surface area contributed by atoms with Crippen LogP contribution < -0.4 is 10.1 Å². The SMILES string of the molecule is COc1ccc(C2(C)NC(=O)N(CC(=O)N3CCC(C#N)CC3)C2=O)cc1. The number of methoxy groups -OCH3 is 1. The van der Waals surface area contributed by atoms with Crippen LogP contribution in [0, 0.1) is 17.2 Å². The van der Waals surface area contributed by atoms with E-state index in [0.717, 1.165) is 4.90 Å². The van der Waals surface area contributed by atoms with Crippen LogP contribution in [0.2, 0.25) is 0 Å². The average molecular weight is 370 g/mol. The molecule has 0 bridgehead atoms. The van der Waals surface area contributed by atoms with Gasteiger partial charge in [0.2, 0.25) is 5.91 Å². The van der Waals surface area contributed by atoms with E-state index in [4.69, 9.17) is 10.00 Å². The van der Waals surface area contributed by atoms with Crippen LogP contribution in [0.3, 0.4) is 0 Å². The van der Waals surface area contributed by atoms with Crippen molar-refractivity contribution < 1.29 is 19.1 Å². The monoisotopic (exact) mass is 370 g/mol. The summed E-state index contributed by atoms with van der Waals surface area (Å²) in [7, 11) is 1.55. The Hall–Kier alpha value is -3.08. The molecule has 27 heavy (non-hydrogen) atoms. The number of hydrogen-bond acceptors (Lipinski definition) is 5. The lowest BCUT2D eigenvalue weighted by Crippen LogP contribution is -2.46. The highest BCUT2D eigenvalue weighted by Crippen LogP contribution is 2.30. The molecule has 142 valence electrons. The maximum Gasteiger partial charge on any atom is 0.325 e. The maximum atomic E-state index is 12.9. The van der Waals surface area contributed by atoms with Gasteiger partial charge in [0.1, 0.15) is 17.8 Å². The molecule has 1 N–H and O–H groups in total. The van der Waals surface area contributed by atoms with E-state index in [9.17, 15) is 14.4 Å². The molecule has 1 unspecified atom stereocenters. The number of carbonyl (C=O) groups is 3. The first-order valence-electron chi connectivity index (χ1n) is 8.85. The van der Waals surface area contributed by atoms with Crippen molar-refractivity contribution in [2.75, 3.05) is 26.7 Å². The molecule has 8 heteroatoms. The number of urea groups is 1. The van der Waals surface area contributed by atoms with Crippen LogP contribution in [-0.2, 0) is 15.1 Å². The summed E-state index contributed by atoms with van der Waals surface area (Å²) in [5.74, 6) is -0.136. The fourth-order valence-electron chi connectivity index (χ4n) is 3.45. The molecule has 0 aliphatic carbocycles. The van der Waals surface area contributed by atoms with Crippen LogP contribution in [0.15, 0.2) is 24.3 Å². The van der Waals surface area contributed by atoms with E-state index in [1.54, 1.807) is 43.2 Å². The van der Waals surface area contributed by atoms with E-state index in [1.807, 2.05) is 0 Å². The Bertz CT molecular complexity index is 793. The van der Waals surface area contributed by atoms with Crippen molar-refractivity contribution in [3.8, 4) is 11.8 Å². The summed E-state index contributed by atoms with van der Waals surface area (Å²) in [5.41, 5.74) is -0.608. The average Bonchev–Trinajstić information content (AvgIpc) is 2.92. The number of carbonyl (C=O) groups excluding carboxylic acids is 3. The molecule has 0 radical (unpaired) electrons. The van der Waals surface area contributed by atoms with Gasteiger partial charge in [-0.2, -0.15) is 5.26 Å². The van der Waals surface area contributed by atoms with Gasteiger partial charge in [0.15, 0.2) is 0 Å². The zero-order chi connectivity index (χ0) is 19.6. The smallest absolute Gasteiger partial charge is 0.325 e. The highest BCUT2D eigenvalue weighted by molar-refractivity contribution is 6.09. The van der Waals surface area contributed by atoms with Crippen LogP contribution >= 0.6 is 0 Å². The summed E-state index contributed by atoms with van der Waals surface area (Å²) in [6, 6.07) is 8.49. The third kappa shape index (κ3) is 3.45. The molecular formula is C19H22N4O4. The van der Waals surface area contributed by atoms with Crippen LogP contribution in [0.5, 0.6) is 5.75 Å². The molecular weight excluding hydrogens is 348 g/mol. The van der Waals surface area contributed by atoms with Gasteiger partial charge in [-0.15, -0.1) is 0 Å². The number of likely N-dealkylation sites (tertiary alicyclic amines) is 1. The number of piperidine rings is 1. The number of nitrogens with zero attached hydrogens (tertiary/aromatic N) is 3. The van der Waals surface area contributed by atoms with E-state index in [0.29, 0.717) is 37.2 Å². The summed E-state index contributed by atoms with van der Waals surface area (Å²) >= 11 is 0. The lowest BCUT2D eigenvalue weighted by molar-refractivity contribution is -0.139. The molecule has 8 nitrogen and oxygen atoms in total. The van der Waals surface area contributed by atoms with Gasteiger partial charge >= 0.3 is 6.03 Å². The van der Waals surface area contributed by atoms with E-state index >= 15 is 0 Å². The maximum absolute atomic E-state index is 12.9. The minimum Gasteiger partial charge on any atom is -0.497 e. The van der Waals surface area contributed by atoms with E-state index in [2.05, 4.69) is 11.4 Å². The predicted molar refractivity (Wildman–Crippen MR) is 95.5 cm³/mol. The number of amides is 4. The van der Waals surface area contributed by atoms with E-state index in [-0.39, 0.29) is 18.4 Å². The number of nitriles is 1. The van der Waals surface area contributed by atoms with Gasteiger partial charge in [0.05, 0.1) is 13.2 Å². The minimum atomic E-state index is -1.22. The first kappa shape index (κ1) is 18.7. The summed E-state index contributed by atoms with van der Waals surface area (Å²) in [5, 5.41) is 11.6. The molecule has 2 aliphatic rings. The highest BCUT2D eigenvalue weighted by atomic mass is 16.5. The molecule has 3 rings (SSSR count). The number of hydrogen-bond donors (Lipinski definition) is 1. The second-order valence-corrected chi connectivity index (χ2v) is 6.96. The van der Waals surface area contributed by atoms with Gasteiger partial charge in [-0.05, 0) is 37.5 Å². The lowest BCUT2D eigenvalue weighted by atomic mass is 9.92. The lowest BCUT2D eigenvalue weighted by Gasteiger charge is -2.30. The Morgan fingerprint density at radius 2 is 1.93 bits per heavy atom. The molecule has 2 heterocycles. The quantitative estimate of drug-likeness (QED) is 0.803. The van der Waals surface area contributed by atoms with Gasteiger partial charge in [0.25, 0.3) is 5.91 Å². The van der Waals surface area contributed by atoms with Gasteiger partial charge < -0.3 is 15.0 Å². The number of imide groups is 1. The molecule has 4 amide bonds. The molecule has 1 atom stereocenters. The van der Waals surface area contributed by atoms with Crippen molar-refractivity contribution in [2.45, 2.75) is 25.3 Å². The summed E-state index contributed by atoms with van der Waals surface area (Å²) in [4.78, 5) is 40.4. The molecule has 2 saturated heterocycles. The number of rotatable bonds is 4. The molecule has 1 aromatic carbocycles. The van der Waals surface area contributed by atoms with Gasteiger partial charge in [-0.1, -0.05) is 12.1 Å². The van der Waals surface area contributed by atoms with Crippen molar-refractivity contribution in [3.63, 3.8) is 0 Å². The van der Waals surface area contributed by atoms with Crippen molar-refractivity contribution in [1.82, 2.24) is 15.1 Å². The molecule has 0 saturated carbocycles. The summed E-state index contributed by atoms with van der Waals surface area (Å²) in [6.07, 6.45) is 1.23. The molecule has 1 aromatic rings. The van der Waals surface area contributed by atoms with Crippen LogP contribution in [-0.4, -0.2) is 54.4 Å². The van der Waals surface area contributed by atoms with Crippen LogP contribution in [0.1, 0.15) is 25.3 Å². The number of benzene rings is 1. The van der Waals surface area contributed by atoms with Crippen molar-refractivity contribution in [2.24, 2.45) is 5.92 Å². The Labute approximate surface area is 157 Å². The number of ether oxygens (including phenoxy) is 1. The van der Waals surface area contributed by atoms with Crippen molar-refractivity contribution in [1.29, 1.82) is 5.26 Å². The highest BCUT2D eigenvalue weighted by Gasteiger charge is 2.49. The third-order valence-corrected chi connectivity index (χ3v) is 5.27. The van der Waals surface area contributed by atoms with Crippen molar-refractivity contribution >= 4 is 17.8 Å². The molecule has 2 aliphatic heterocycles. The normalized spacial score (nSPS) is 23.1. The second-order valence-electron chi connectivity index (χ2n) is 6.96. The molecule has 0 aromatic heterocycles. The van der Waals surface area contributed by atoms with Crippen LogP contribution in [0.25, 0.3) is 0 Å². The number of nitrogens with one attached hydrogen (secondary N) is 1. The Balaban J connectivity index is 1.70. The standard InChI is InChI=1S/C19H22N4O4/c1-19(14-3-5-15(27-2)6-4-14)17(25)23(18(26)21-19)12-16(24)22-9-7-13(11-20)8-10-22/h3-6,13H,7-10,12H2,1-2H3,(H,21,26). The van der Waals surface area contributed by atoms with Crippen molar-refractivity contribution in [3.05, 3.63) is 29.8 Å². The van der Waals surface area contributed by atoms with Crippen LogP contribution in [0.4, 0.5) is 4.79 Å². The predicted octanol–water partition coefficient (Wildman–Crippen LogP) is 1.22. The first-order chi connectivity index (χ1) is 12.9. The van der Waals surface area contributed by atoms with E-state index < -0.39 is 17.5 Å². The minimum absolute atomic E-state index is 0.0378. The fourth-order valence-corrected chi connectivity index (χ4v) is 3.45. The Morgan fingerprint density at radius 3 is 2.48 bits per heavy atom.